The predicted octanol–water partition coefficient (Wildman–Crippen LogP) is 5.35. The Morgan fingerprint density at radius 2 is 1.35 bits per heavy atom. The van der Waals surface area contributed by atoms with Gasteiger partial charge in [0.05, 0.1) is 11.2 Å². The molecule has 0 heterocycles. The molecule has 0 spiro atoms. The smallest absolute Gasteiger partial charge is 0.0718 e. The molecule has 0 aliphatic carbocycles. The molecule has 0 aromatic heterocycles. The zero-order valence-corrected chi connectivity index (χ0v) is 13.2. The van der Waals surface area contributed by atoms with Gasteiger partial charge in [-0.25, -0.2) is 0 Å². The molecule has 0 fully saturated rings. The van der Waals surface area contributed by atoms with E-state index in [9.17, 15) is 0 Å². The minimum absolute atomic E-state index is 0. The highest BCUT2D eigenvalue weighted by Crippen LogP contribution is 2.31. The highest BCUT2D eigenvalue weighted by atomic mass is 16.5. The van der Waals surface area contributed by atoms with Crippen LogP contribution in [0.1, 0.15) is 74.7 Å². The van der Waals surface area contributed by atoms with E-state index in [4.69, 9.17) is 4.74 Å². The van der Waals surface area contributed by atoms with Gasteiger partial charge in [-0.2, -0.15) is 0 Å². The molecule has 0 aliphatic heterocycles. The number of allylic oxidation sites excluding steroid dienone is 1. The van der Waals surface area contributed by atoms with Crippen LogP contribution >= 0.6 is 0 Å². The molecule has 0 saturated carbocycles. The van der Waals surface area contributed by atoms with Crippen molar-refractivity contribution in [1.29, 1.82) is 0 Å². The van der Waals surface area contributed by atoms with Gasteiger partial charge < -0.3 is 4.74 Å². The van der Waals surface area contributed by atoms with E-state index in [-0.39, 0.29) is 16.6 Å². The summed E-state index contributed by atoms with van der Waals surface area (Å²) in [4.78, 5) is 0. The Morgan fingerprint density at radius 3 is 1.65 bits per heavy atom. The van der Waals surface area contributed by atoms with Crippen LogP contribution in [0.3, 0.4) is 0 Å². The lowest BCUT2D eigenvalue weighted by Crippen LogP contribution is -2.38. The Bertz CT molecular complexity index is 233. The fraction of sp³-hybridized carbons (Fsp3) is 0.875. The van der Waals surface area contributed by atoms with Crippen LogP contribution in [0.2, 0.25) is 0 Å². The second kappa shape index (κ2) is 6.04. The largest absolute Gasteiger partial charge is 0.369 e. The summed E-state index contributed by atoms with van der Waals surface area (Å²) in [6.07, 6.45) is 7.72. The number of rotatable bonds is 5. The second-order valence-electron chi connectivity index (χ2n) is 7.08. The van der Waals surface area contributed by atoms with Crippen LogP contribution in [0, 0.1) is 5.41 Å². The lowest BCUT2D eigenvalue weighted by Gasteiger charge is -2.38. The SMILES string of the molecule is CCC(CC)(C/C=C/C(C)(C)C)OC(C)(C)C. The fourth-order valence-electron chi connectivity index (χ4n) is 2.00. The third-order valence-electron chi connectivity index (χ3n) is 2.92. The van der Waals surface area contributed by atoms with E-state index >= 15 is 0 Å². The molecule has 102 valence electrons. The first-order valence-electron chi connectivity index (χ1n) is 6.91. The van der Waals surface area contributed by atoms with E-state index in [0.717, 1.165) is 19.3 Å². The van der Waals surface area contributed by atoms with E-state index in [1.54, 1.807) is 0 Å². The van der Waals surface area contributed by atoms with Crippen molar-refractivity contribution < 1.29 is 4.74 Å². The summed E-state index contributed by atoms with van der Waals surface area (Å²) in [7, 11) is 0. The molecule has 0 saturated heterocycles. The molecule has 0 N–H and O–H groups in total. The summed E-state index contributed by atoms with van der Waals surface area (Å²) >= 11 is 0. The third kappa shape index (κ3) is 7.59. The van der Waals surface area contributed by atoms with E-state index in [2.05, 4.69) is 67.5 Å². The molecule has 0 aromatic carbocycles. The number of hydrogen-bond acceptors (Lipinski definition) is 1. The average molecular weight is 240 g/mol. The van der Waals surface area contributed by atoms with Gasteiger partial charge in [-0.15, -0.1) is 0 Å². The van der Waals surface area contributed by atoms with Gasteiger partial charge in [-0.3, -0.25) is 0 Å². The van der Waals surface area contributed by atoms with Gasteiger partial charge in [0, 0.05) is 0 Å². The van der Waals surface area contributed by atoms with Crippen molar-refractivity contribution in [3.8, 4) is 0 Å². The summed E-state index contributed by atoms with van der Waals surface area (Å²) in [5.41, 5.74) is 0.191. The molecule has 0 aromatic rings. The standard InChI is InChI=1S/C16H32O/c1-9-16(10-2,17-15(6,7)8)13-11-12-14(3,4)5/h11-12H,9-10,13H2,1-8H3/b12-11+. The van der Waals surface area contributed by atoms with Crippen molar-refractivity contribution in [3.05, 3.63) is 12.2 Å². The predicted molar refractivity (Wildman–Crippen MR) is 77.4 cm³/mol. The van der Waals surface area contributed by atoms with Crippen molar-refractivity contribution in [1.82, 2.24) is 0 Å². The third-order valence-corrected chi connectivity index (χ3v) is 2.92. The van der Waals surface area contributed by atoms with Crippen molar-refractivity contribution in [2.24, 2.45) is 5.41 Å². The van der Waals surface area contributed by atoms with Crippen LogP contribution in [-0.2, 0) is 4.74 Å². The van der Waals surface area contributed by atoms with Crippen LogP contribution in [-0.4, -0.2) is 11.2 Å². The summed E-state index contributed by atoms with van der Waals surface area (Å²) in [6.45, 7) is 17.6. The minimum atomic E-state index is -0.0679. The molecule has 0 aliphatic rings. The topological polar surface area (TPSA) is 9.23 Å². The highest BCUT2D eigenvalue weighted by molar-refractivity contribution is 4.97. The first-order valence-corrected chi connectivity index (χ1v) is 6.91. The molecular formula is C16H32O. The van der Waals surface area contributed by atoms with Gasteiger partial charge in [0.15, 0.2) is 0 Å². The average Bonchev–Trinajstić information content (AvgIpc) is 2.12. The van der Waals surface area contributed by atoms with E-state index in [1.165, 1.54) is 0 Å². The van der Waals surface area contributed by atoms with Gasteiger partial charge in [0.25, 0.3) is 0 Å². The molecule has 1 nitrogen and oxygen atoms in total. The Hall–Kier alpha value is -0.300. The van der Waals surface area contributed by atoms with Crippen molar-refractivity contribution in [2.45, 2.75) is 85.9 Å². The van der Waals surface area contributed by atoms with Crippen LogP contribution in [0.15, 0.2) is 12.2 Å². The first kappa shape index (κ1) is 16.7. The molecule has 0 rings (SSSR count). The van der Waals surface area contributed by atoms with Crippen LogP contribution in [0.4, 0.5) is 0 Å². The second-order valence-corrected chi connectivity index (χ2v) is 7.08. The van der Waals surface area contributed by atoms with Crippen LogP contribution in [0.5, 0.6) is 0 Å². The van der Waals surface area contributed by atoms with Crippen LogP contribution < -0.4 is 0 Å². The van der Waals surface area contributed by atoms with E-state index in [0.29, 0.717) is 0 Å². The molecule has 0 amide bonds. The number of hydrogen-bond donors (Lipinski definition) is 0. The maximum Gasteiger partial charge on any atom is 0.0718 e. The normalized spacial score (nSPS) is 14.6. The van der Waals surface area contributed by atoms with Gasteiger partial charge in [-0.05, 0) is 45.4 Å². The maximum absolute atomic E-state index is 6.29. The van der Waals surface area contributed by atoms with E-state index < -0.39 is 0 Å². The van der Waals surface area contributed by atoms with E-state index in [1.807, 2.05) is 0 Å². The summed E-state index contributed by atoms with van der Waals surface area (Å²) < 4.78 is 6.29. The van der Waals surface area contributed by atoms with Gasteiger partial charge in [0.1, 0.15) is 0 Å². The highest BCUT2D eigenvalue weighted by Gasteiger charge is 2.30. The molecule has 0 unspecified atom stereocenters. The van der Waals surface area contributed by atoms with Gasteiger partial charge in [0.2, 0.25) is 0 Å². The van der Waals surface area contributed by atoms with Crippen molar-refractivity contribution in [2.75, 3.05) is 0 Å². The first-order chi connectivity index (χ1) is 7.54. The monoisotopic (exact) mass is 240 g/mol. The zero-order valence-electron chi connectivity index (χ0n) is 13.2. The molecule has 17 heavy (non-hydrogen) atoms. The molecule has 0 bridgehead atoms. The maximum atomic E-state index is 6.29. The summed E-state index contributed by atoms with van der Waals surface area (Å²) in [5, 5.41) is 0. The summed E-state index contributed by atoms with van der Waals surface area (Å²) in [5.74, 6) is 0. The lowest BCUT2D eigenvalue weighted by molar-refractivity contribution is -0.134. The molecular weight excluding hydrogens is 208 g/mol. The van der Waals surface area contributed by atoms with Gasteiger partial charge >= 0.3 is 0 Å². The fourth-order valence-corrected chi connectivity index (χ4v) is 2.00. The van der Waals surface area contributed by atoms with Gasteiger partial charge in [-0.1, -0.05) is 46.8 Å². The molecule has 0 atom stereocenters. The van der Waals surface area contributed by atoms with Crippen molar-refractivity contribution >= 4 is 0 Å². The van der Waals surface area contributed by atoms with Crippen LogP contribution in [0.25, 0.3) is 0 Å². The number of ether oxygens (including phenoxy) is 1. The Morgan fingerprint density at radius 1 is 0.882 bits per heavy atom. The zero-order chi connectivity index (χ0) is 13.7. The Balaban J connectivity index is 4.68. The Kier molecular flexibility index (Phi) is 5.93. The van der Waals surface area contributed by atoms with Crippen molar-refractivity contribution in [3.63, 3.8) is 0 Å². The molecule has 1 heteroatoms. The Labute approximate surface area is 109 Å². The minimum Gasteiger partial charge on any atom is -0.369 e. The summed E-state index contributed by atoms with van der Waals surface area (Å²) in [6, 6.07) is 0. The molecule has 0 radical (unpaired) electrons. The quantitative estimate of drug-likeness (QED) is 0.588. The lowest BCUT2D eigenvalue weighted by atomic mass is 9.89.